The highest BCUT2D eigenvalue weighted by atomic mass is 35.5. The van der Waals surface area contributed by atoms with E-state index in [0.717, 1.165) is 24.8 Å². The topological polar surface area (TPSA) is 112 Å². The average molecular weight is 504 g/mol. The van der Waals surface area contributed by atoms with Crippen molar-refractivity contribution in [3.63, 3.8) is 0 Å². The number of benzene rings is 1. The zero-order valence-electron chi connectivity index (χ0n) is 18.6. The molecule has 4 rings (SSSR count). The summed E-state index contributed by atoms with van der Waals surface area (Å²) < 4.78 is 34.8. The van der Waals surface area contributed by atoms with Crippen LogP contribution in [0.15, 0.2) is 47.5 Å². The molecule has 0 aliphatic carbocycles. The summed E-state index contributed by atoms with van der Waals surface area (Å²) in [6.45, 7) is 0.188. The van der Waals surface area contributed by atoms with E-state index in [9.17, 15) is 18.7 Å². The number of pyridine rings is 2. The van der Waals surface area contributed by atoms with E-state index in [0.29, 0.717) is 24.5 Å². The lowest BCUT2D eigenvalue weighted by atomic mass is 10.1. The van der Waals surface area contributed by atoms with Gasteiger partial charge in [0.1, 0.15) is 17.5 Å². The van der Waals surface area contributed by atoms with E-state index < -0.39 is 17.2 Å². The molecule has 2 atom stereocenters. The molecule has 3 aromatic rings. The van der Waals surface area contributed by atoms with E-state index in [4.69, 9.17) is 21.7 Å². The van der Waals surface area contributed by atoms with E-state index in [-0.39, 0.29) is 47.1 Å². The van der Waals surface area contributed by atoms with Crippen LogP contribution in [0.25, 0.3) is 5.69 Å². The second-order valence-electron chi connectivity index (χ2n) is 8.09. The van der Waals surface area contributed by atoms with Gasteiger partial charge in [0, 0.05) is 30.6 Å². The van der Waals surface area contributed by atoms with Crippen molar-refractivity contribution in [2.24, 2.45) is 0 Å². The highest BCUT2D eigenvalue weighted by Gasteiger charge is 2.22. The van der Waals surface area contributed by atoms with Gasteiger partial charge in [0.25, 0.3) is 5.56 Å². The van der Waals surface area contributed by atoms with Crippen LogP contribution in [0.4, 0.5) is 20.3 Å². The third-order valence-electron chi connectivity index (χ3n) is 5.81. The predicted molar refractivity (Wildman–Crippen MR) is 130 cm³/mol. The number of ether oxygens (including phenoxy) is 1. The summed E-state index contributed by atoms with van der Waals surface area (Å²) in [5.41, 5.74) is -0.0936. The fourth-order valence-electron chi connectivity index (χ4n) is 3.88. The summed E-state index contributed by atoms with van der Waals surface area (Å²) in [6.07, 6.45) is 5.10. The van der Waals surface area contributed by atoms with Gasteiger partial charge in [-0.15, -0.1) is 0 Å². The highest BCUT2D eigenvalue weighted by molar-refractivity contribution is 6.32. The van der Waals surface area contributed by atoms with E-state index in [1.807, 2.05) is 0 Å². The third kappa shape index (κ3) is 5.50. The Kier molecular flexibility index (Phi) is 7.74. The van der Waals surface area contributed by atoms with Crippen LogP contribution < -0.4 is 16.2 Å². The maximum atomic E-state index is 14.0. The molecule has 2 unspecified atom stereocenters. The number of nitrogens with zero attached hydrogens (tertiary/aromatic N) is 2. The van der Waals surface area contributed by atoms with E-state index in [2.05, 4.69) is 15.6 Å². The number of aliphatic hydroxyl groups excluding tert-OH is 1. The minimum atomic E-state index is -0.707. The number of aromatic nitrogens is 2. The summed E-state index contributed by atoms with van der Waals surface area (Å²) in [7, 11) is 0. The van der Waals surface area contributed by atoms with Crippen LogP contribution in [0.3, 0.4) is 0 Å². The van der Waals surface area contributed by atoms with Crippen LogP contribution in [0, 0.1) is 17.0 Å². The normalized spacial score (nSPS) is 17.7. The Labute approximate surface area is 205 Å². The molecule has 1 aromatic carbocycles. The van der Waals surface area contributed by atoms with Crippen molar-refractivity contribution < 1.29 is 18.6 Å². The number of anilines is 2. The average Bonchev–Trinajstić information content (AvgIpc) is 2.86. The van der Waals surface area contributed by atoms with Crippen LogP contribution >= 0.6 is 11.6 Å². The molecule has 0 saturated carbocycles. The smallest absolute Gasteiger partial charge is 0.266 e. The van der Waals surface area contributed by atoms with Gasteiger partial charge in [0.2, 0.25) is 0 Å². The number of rotatable bonds is 8. The zero-order valence-corrected chi connectivity index (χ0v) is 19.4. The lowest BCUT2D eigenvalue weighted by Crippen LogP contribution is -2.36. The molecule has 1 saturated heterocycles. The number of hydrogen-bond donors (Lipinski definition) is 4. The van der Waals surface area contributed by atoms with E-state index in [1.54, 1.807) is 6.07 Å². The molecule has 1 fully saturated rings. The molecule has 1 aliphatic rings. The summed E-state index contributed by atoms with van der Waals surface area (Å²) in [6, 6.07) is 6.71. The molecule has 0 bridgehead atoms. The molecule has 0 radical (unpaired) electrons. The summed E-state index contributed by atoms with van der Waals surface area (Å²) in [4.78, 5) is 17.4. The van der Waals surface area contributed by atoms with Gasteiger partial charge in [-0.25, -0.2) is 13.8 Å². The molecule has 3 heterocycles. The van der Waals surface area contributed by atoms with Crippen molar-refractivity contribution in [3.05, 3.63) is 80.9 Å². The first kappa shape index (κ1) is 24.8. The van der Waals surface area contributed by atoms with Gasteiger partial charge in [-0.3, -0.25) is 9.36 Å². The molecular formula is C24H24ClF2N5O3. The van der Waals surface area contributed by atoms with E-state index in [1.165, 1.54) is 29.1 Å². The first-order chi connectivity index (χ1) is 16.9. The first-order valence-corrected chi connectivity index (χ1v) is 11.4. The number of nitrogens with one attached hydrogen (secondary N) is 3. The Balaban J connectivity index is 1.57. The Hall–Kier alpha value is -3.34. The molecule has 0 amide bonds. The highest BCUT2D eigenvalue weighted by Crippen LogP contribution is 2.24. The van der Waals surface area contributed by atoms with Crippen molar-refractivity contribution in [1.82, 2.24) is 9.55 Å². The van der Waals surface area contributed by atoms with Crippen LogP contribution in [0.1, 0.15) is 24.0 Å². The maximum Gasteiger partial charge on any atom is 0.266 e. The molecule has 2 aromatic heterocycles. The second-order valence-corrected chi connectivity index (χ2v) is 8.50. The molecule has 11 heteroatoms. The summed E-state index contributed by atoms with van der Waals surface area (Å²) in [5, 5.41) is 23.3. The summed E-state index contributed by atoms with van der Waals surface area (Å²) >= 11 is 6.34. The molecule has 35 heavy (non-hydrogen) atoms. The Morgan fingerprint density at radius 2 is 2.06 bits per heavy atom. The van der Waals surface area contributed by atoms with Gasteiger partial charge in [0.05, 0.1) is 53.5 Å². The quantitative estimate of drug-likeness (QED) is 0.348. The third-order valence-corrected chi connectivity index (χ3v) is 6.10. The standard InChI is InChI=1S/C24H24ClF2N5O3/c25-18-11-30-23(31-14-4-5-15(12-33)35-13-14)8-22(18)32-7-6-21(16(9-28)24(32)34)29-10-17-19(26)2-1-3-20(17)27/h1-3,6-9,11,14-15,28-29,33H,4-5,10,12-13H2,(H,30,31). The van der Waals surface area contributed by atoms with Crippen molar-refractivity contribution in [2.75, 3.05) is 23.8 Å². The molecule has 1 aliphatic heterocycles. The maximum absolute atomic E-state index is 14.0. The summed E-state index contributed by atoms with van der Waals surface area (Å²) in [5.74, 6) is -0.928. The number of hydrogen-bond acceptors (Lipinski definition) is 7. The zero-order chi connectivity index (χ0) is 24.9. The van der Waals surface area contributed by atoms with E-state index >= 15 is 0 Å². The molecule has 4 N–H and O–H groups in total. The van der Waals surface area contributed by atoms with Gasteiger partial charge in [0.15, 0.2) is 0 Å². The fraction of sp³-hybridized carbons (Fsp3) is 0.292. The largest absolute Gasteiger partial charge is 0.394 e. The van der Waals surface area contributed by atoms with Gasteiger partial charge < -0.3 is 25.9 Å². The van der Waals surface area contributed by atoms with Gasteiger partial charge in [-0.2, -0.15) is 0 Å². The SMILES string of the molecule is N=Cc1c(NCc2c(F)cccc2F)ccn(-c2cc(NC3CCC(CO)OC3)ncc2Cl)c1=O. The monoisotopic (exact) mass is 503 g/mol. The van der Waals surface area contributed by atoms with Crippen molar-refractivity contribution in [1.29, 1.82) is 5.41 Å². The Morgan fingerprint density at radius 1 is 1.29 bits per heavy atom. The lowest BCUT2D eigenvalue weighted by molar-refractivity contribution is -0.0224. The minimum absolute atomic E-state index is 0.00219. The molecule has 8 nitrogen and oxygen atoms in total. The Morgan fingerprint density at radius 3 is 2.71 bits per heavy atom. The number of halogens is 3. The van der Waals surface area contributed by atoms with Crippen molar-refractivity contribution in [3.8, 4) is 5.69 Å². The molecule has 0 spiro atoms. The fourth-order valence-corrected chi connectivity index (χ4v) is 4.08. The van der Waals surface area contributed by atoms with Gasteiger partial charge in [-0.1, -0.05) is 17.7 Å². The first-order valence-electron chi connectivity index (χ1n) is 11.0. The minimum Gasteiger partial charge on any atom is -0.394 e. The van der Waals surface area contributed by atoms with Crippen LogP contribution in [-0.2, 0) is 11.3 Å². The second kappa shape index (κ2) is 10.9. The van der Waals surface area contributed by atoms with Gasteiger partial charge >= 0.3 is 0 Å². The van der Waals surface area contributed by atoms with Gasteiger partial charge in [-0.05, 0) is 31.0 Å². The van der Waals surface area contributed by atoms with Crippen LogP contribution in [-0.4, -0.2) is 46.2 Å². The Bertz CT molecular complexity index is 1260. The van der Waals surface area contributed by atoms with Crippen LogP contribution in [0.5, 0.6) is 0 Å². The predicted octanol–water partition coefficient (Wildman–Crippen LogP) is 3.73. The van der Waals surface area contributed by atoms with Crippen LogP contribution in [0.2, 0.25) is 5.02 Å². The molecule has 184 valence electrons. The van der Waals surface area contributed by atoms with Crippen molar-refractivity contribution in [2.45, 2.75) is 31.5 Å². The number of aliphatic hydroxyl groups is 1. The molecular weight excluding hydrogens is 480 g/mol. The lowest BCUT2D eigenvalue weighted by Gasteiger charge is -2.29. The van der Waals surface area contributed by atoms with Crippen molar-refractivity contribution >= 4 is 29.3 Å².